The summed E-state index contributed by atoms with van der Waals surface area (Å²) in [6.45, 7) is 6.86. The van der Waals surface area contributed by atoms with Gasteiger partial charge in [-0.05, 0) is 43.4 Å². The van der Waals surface area contributed by atoms with E-state index in [0.29, 0.717) is 44.3 Å². The van der Waals surface area contributed by atoms with Crippen LogP contribution in [-0.2, 0) is 14.4 Å². The number of nitrogens with one attached hydrogen (secondary N) is 1. The number of carbonyl (C=O) groups is 3. The SMILES string of the molecule is CC(C)CC(C(=O)N1CCC(CC(N)=O)CC1)N1CCN[C@@H](CC2CC2)C1=O. The zero-order valence-electron chi connectivity index (χ0n) is 17.4. The summed E-state index contributed by atoms with van der Waals surface area (Å²) in [6.07, 6.45) is 6.06. The Balaban J connectivity index is 1.64. The van der Waals surface area contributed by atoms with E-state index in [0.717, 1.165) is 25.8 Å². The maximum atomic E-state index is 13.4. The van der Waals surface area contributed by atoms with Crippen LogP contribution in [-0.4, -0.2) is 65.8 Å². The number of piperazine rings is 1. The van der Waals surface area contributed by atoms with Crippen molar-refractivity contribution in [2.24, 2.45) is 23.5 Å². The lowest BCUT2D eigenvalue weighted by Crippen LogP contribution is -2.62. The number of nitrogens with two attached hydrogens (primary N) is 1. The molecule has 1 aliphatic carbocycles. The van der Waals surface area contributed by atoms with Gasteiger partial charge in [-0.2, -0.15) is 0 Å². The standard InChI is InChI=1S/C21H36N4O3/c1-14(2)11-18(21(28)24-8-5-16(6-9-24)13-19(22)26)25-10-7-23-17(20(25)27)12-15-3-4-15/h14-18,23H,3-13H2,1-2H3,(H2,22,26)/t17-,18?/m0/s1. The van der Waals surface area contributed by atoms with Gasteiger partial charge in [0.2, 0.25) is 17.7 Å². The number of amides is 3. The van der Waals surface area contributed by atoms with Crippen LogP contribution in [0.15, 0.2) is 0 Å². The molecule has 0 spiro atoms. The van der Waals surface area contributed by atoms with Crippen LogP contribution in [0.1, 0.15) is 58.8 Å². The maximum Gasteiger partial charge on any atom is 0.245 e. The fourth-order valence-corrected chi connectivity index (χ4v) is 4.60. The fraction of sp³-hybridized carbons (Fsp3) is 0.857. The molecule has 0 aromatic carbocycles. The molecule has 0 bridgehead atoms. The first kappa shape index (κ1) is 21.1. The minimum atomic E-state index is -0.371. The molecule has 2 aliphatic heterocycles. The fourth-order valence-electron chi connectivity index (χ4n) is 4.60. The van der Waals surface area contributed by atoms with Gasteiger partial charge >= 0.3 is 0 Å². The summed E-state index contributed by atoms with van der Waals surface area (Å²) in [4.78, 5) is 41.4. The van der Waals surface area contributed by atoms with Crippen molar-refractivity contribution in [2.45, 2.75) is 70.9 Å². The normalized spacial score (nSPS) is 25.2. The van der Waals surface area contributed by atoms with Crippen LogP contribution in [0.25, 0.3) is 0 Å². The molecule has 3 N–H and O–H groups in total. The Bertz CT molecular complexity index is 582. The molecule has 3 fully saturated rings. The van der Waals surface area contributed by atoms with Gasteiger partial charge < -0.3 is 20.9 Å². The van der Waals surface area contributed by atoms with E-state index in [2.05, 4.69) is 19.2 Å². The van der Waals surface area contributed by atoms with Crippen LogP contribution in [0, 0.1) is 17.8 Å². The molecule has 28 heavy (non-hydrogen) atoms. The van der Waals surface area contributed by atoms with Gasteiger partial charge in [-0.3, -0.25) is 14.4 Å². The summed E-state index contributed by atoms with van der Waals surface area (Å²) < 4.78 is 0. The predicted octanol–water partition coefficient (Wildman–Crippen LogP) is 1.12. The molecule has 1 unspecified atom stereocenters. The highest BCUT2D eigenvalue weighted by Gasteiger charge is 2.40. The molecule has 3 amide bonds. The van der Waals surface area contributed by atoms with E-state index in [1.165, 1.54) is 12.8 Å². The molecule has 0 radical (unpaired) electrons. The average molecular weight is 393 g/mol. The lowest BCUT2D eigenvalue weighted by Gasteiger charge is -2.41. The van der Waals surface area contributed by atoms with Crippen LogP contribution in [0.5, 0.6) is 0 Å². The molecular weight excluding hydrogens is 356 g/mol. The Morgan fingerprint density at radius 3 is 2.36 bits per heavy atom. The number of hydrogen-bond acceptors (Lipinski definition) is 4. The summed E-state index contributed by atoms with van der Waals surface area (Å²) in [7, 11) is 0. The highest BCUT2D eigenvalue weighted by atomic mass is 16.2. The Hall–Kier alpha value is -1.63. The largest absolute Gasteiger partial charge is 0.370 e. The molecule has 2 saturated heterocycles. The van der Waals surface area contributed by atoms with Gasteiger partial charge in [0.05, 0.1) is 6.04 Å². The van der Waals surface area contributed by atoms with Crippen molar-refractivity contribution in [3.8, 4) is 0 Å². The summed E-state index contributed by atoms with van der Waals surface area (Å²) in [5.74, 6) is 1.19. The third-order valence-electron chi connectivity index (χ3n) is 6.36. The number of rotatable bonds is 8. The van der Waals surface area contributed by atoms with Gasteiger partial charge in [0, 0.05) is 32.6 Å². The number of piperidine rings is 1. The highest BCUT2D eigenvalue weighted by Crippen LogP contribution is 2.34. The highest BCUT2D eigenvalue weighted by molar-refractivity contribution is 5.90. The third kappa shape index (κ3) is 5.46. The maximum absolute atomic E-state index is 13.4. The van der Waals surface area contributed by atoms with Gasteiger partial charge in [0.1, 0.15) is 6.04 Å². The van der Waals surface area contributed by atoms with Crippen molar-refractivity contribution in [2.75, 3.05) is 26.2 Å². The summed E-state index contributed by atoms with van der Waals surface area (Å²) in [6, 6.07) is -0.506. The van der Waals surface area contributed by atoms with E-state index in [9.17, 15) is 14.4 Å². The van der Waals surface area contributed by atoms with E-state index in [-0.39, 0.29) is 35.7 Å². The van der Waals surface area contributed by atoms with Crippen molar-refractivity contribution in [3.63, 3.8) is 0 Å². The van der Waals surface area contributed by atoms with Crippen molar-refractivity contribution in [1.29, 1.82) is 0 Å². The van der Waals surface area contributed by atoms with Crippen LogP contribution >= 0.6 is 0 Å². The molecule has 2 atom stereocenters. The molecule has 3 rings (SSSR count). The van der Waals surface area contributed by atoms with E-state index >= 15 is 0 Å². The Kier molecular flexibility index (Phi) is 6.96. The molecule has 7 nitrogen and oxygen atoms in total. The first-order valence-electron chi connectivity index (χ1n) is 11.0. The minimum Gasteiger partial charge on any atom is -0.370 e. The predicted molar refractivity (Wildman–Crippen MR) is 107 cm³/mol. The van der Waals surface area contributed by atoms with Gasteiger partial charge in [0.25, 0.3) is 0 Å². The second kappa shape index (κ2) is 9.25. The zero-order valence-corrected chi connectivity index (χ0v) is 17.4. The second-order valence-electron chi connectivity index (χ2n) is 9.30. The van der Waals surface area contributed by atoms with Gasteiger partial charge in [-0.1, -0.05) is 26.7 Å². The first-order chi connectivity index (χ1) is 13.3. The van der Waals surface area contributed by atoms with Crippen LogP contribution < -0.4 is 11.1 Å². The summed E-state index contributed by atoms with van der Waals surface area (Å²) >= 11 is 0. The van der Waals surface area contributed by atoms with E-state index in [1.54, 1.807) is 0 Å². The molecule has 1 saturated carbocycles. The number of likely N-dealkylation sites (tertiary alicyclic amines) is 1. The van der Waals surface area contributed by atoms with Gasteiger partial charge in [-0.25, -0.2) is 0 Å². The van der Waals surface area contributed by atoms with Crippen LogP contribution in [0.4, 0.5) is 0 Å². The molecule has 2 heterocycles. The van der Waals surface area contributed by atoms with Crippen molar-refractivity contribution in [1.82, 2.24) is 15.1 Å². The monoisotopic (exact) mass is 392 g/mol. The molecule has 0 aromatic heterocycles. The number of carbonyl (C=O) groups excluding carboxylic acids is 3. The van der Waals surface area contributed by atoms with Crippen molar-refractivity contribution in [3.05, 3.63) is 0 Å². The molecule has 3 aliphatic rings. The smallest absolute Gasteiger partial charge is 0.245 e. The number of primary amides is 1. The lowest BCUT2D eigenvalue weighted by molar-refractivity contribution is -0.150. The van der Waals surface area contributed by atoms with Crippen LogP contribution in [0.2, 0.25) is 0 Å². The summed E-state index contributed by atoms with van der Waals surface area (Å²) in [5.41, 5.74) is 5.32. The summed E-state index contributed by atoms with van der Waals surface area (Å²) in [5, 5.41) is 3.36. The number of nitrogens with zero attached hydrogens (tertiary/aromatic N) is 2. The number of hydrogen-bond donors (Lipinski definition) is 2. The van der Waals surface area contributed by atoms with Crippen molar-refractivity contribution < 1.29 is 14.4 Å². The molecular formula is C21H36N4O3. The molecule has 7 heteroatoms. The second-order valence-corrected chi connectivity index (χ2v) is 9.30. The van der Waals surface area contributed by atoms with Crippen molar-refractivity contribution >= 4 is 17.7 Å². The zero-order chi connectivity index (χ0) is 20.3. The Morgan fingerprint density at radius 1 is 1.11 bits per heavy atom. The topological polar surface area (TPSA) is 95.7 Å². The lowest BCUT2D eigenvalue weighted by atomic mass is 9.92. The minimum absolute atomic E-state index is 0.0756. The van der Waals surface area contributed by atoms with Gasteiger partial charge in [-0.15, -0.1) is 0 Å². The Labute approximate surface area is 168 Å². The third-order valence-corrected chi connectivity index (χ3v) is 6.36. The molecule has 0 aromatic rings. The first-order valence-corrected chi connectivity index (χ1v) is 11.0. The van der Waals surface area contributed by atoms with E-state index < -0.39 is 0 Å². The van der Waals surface area contributed by atoms with E-state index in [1.807, 2.05) is 9.80 Å². The van der Waals surface area contributed by atoms with Gasteiger partial charge in [0.15, 0.2) is 0 Å². The van der Waals surface area contributed by atoms with Crippen LogP contribution in [0.3, 0.4) is 0 Å². The average Bonchev–Trinajstić information content (AvgIpc) is 3.45. The molecule has 158 valence electrons. The quantitative estimate of drug-likeness (QED) is 0.647. The Morgan fingerprint density at radius 2 is 1.79 bits per heavy atom. The van der Waals surface area contributed by atoms with E-state index in [4.69, 9.17) is 5.73 Å².